The van der Waals surface area contributed by atoms with Gasteiger partial charge in [0.2, 0.25) is 5.91 Å². The van der Waals surface area contributed by atoms with Gasteiger partial charge in [-0.2, -0.15) is 5.10 Å². The van der Waals surface area contributed by atoms with Crippen LogP contribution in [0.15, 0.2) is 79.1 Å². The number of hydrogen-bond acceptors (Lipinski definition) is 3. The molecular formula is C19H19N3O2. The predicted molar refractivity (Wildman–Crippen MR) is 91.2 cm³/mol. The summed E-state index contributed by atoms with van der Waals surface area (Å²) in [4.78, 5) is 12.7. The molecular weight excluding hydrogens is 302 g/mol. The smallest absolute Gasteiger partial charge is 0.249 e. The van der Waals surface area contributed by atoms with E-state index in [2.05, 4.69) is 10.4 Å². The molecule has 24 heavy (non-hydrogen) atoms. The Morgan fingerprint density at radius 1 is 1.00 bits per heavy atom. The molecule has 0 aliphatic heterocycles. The summed E-state index contributed by atoms with van der Waals surface area (Å²) >= 11 is 0. The number of aliphatic hydroxyl groups excluding tert-OH is 1. The third-order valence-electron chi connectivity index (χ3n) is 3.81. The number of benzene rings is 2. The maximum atomic E-state index is 12.7. The average molecular weight is 321 g/mol. The molecule has 0 unspecified atom stereocenters. The summed E-state index contributed by atoms with van der Waals surface area (Å²) in [5.41, 5.74) is 1.61. The zero-order valence-electron chi connectivity index (χ0n) is 13.1. The highest BCUT2D eigenvalue weighted by Crippen LogP contribution is 2.18. The van der Waals surface area contributed by atoms with Gasteiger partial charge in [-0.3, -0.25) is 9.48 Å². The summed E-state index contributed by atoms with van der Waals surface area (Å²) in [6.45, 7) is 0.146. The highest BCUT2D eigenvalue weighted by molar-refractivity contribution is 5.83. The van der Waals surface area contributed by atoms with Gasteiger partial charge < -0.3 is 10.4 Å². The lowest BCUT2D eigenvalue weighted by Gasteiger charge is -2.19. The van der Waals surface area contributed by atoms with Crippen molar-refractivity contribution in [1.29, 1.82) is 0 Å². The molecule has 5 heteroatoms. The third-order valence-corrected chi connectivity index (χ3v) is 3.81. The van der Waals surface area contributed by atoms with Crippen LogP contribution in [0.2, 0.25) is 0 Å². The van der Waals surface area contributed by atoms with E-state index >= 15 is 0 Å². The minimum absolute atomic E-state index is 0.146. The molecule has 5 nitrogen and oxygen atoms in total. The first-order chi connectivity index (χ1) is 11.8. The highest BCUT2D eigenvalue weighted by Gasteiger charge is 2.23. The van der Waals surface area contributed by atoms with Crippen molar-refractivity contribution in [3.8, 4) is 0 Å². The van der Waals surface area contributed by atoms with Crippen LogP contribution in [-0.4, -0.2) is 27.3 Å². The minimum Gasteiger partial charge on any atom is -0.387 e. The molecule has 0 spiro atoms. The molecule has 122 valence electrons. The standard InChI is InChI=1S/C19H19N3O2/c23-17(15-8-3-1-4-9-15)14-20-19(24)18(22-13-7-12-21-22)16-10-5-2-6-11-16/h1-13,17-18,23H,14H2,(H,20,24)/t17-,18-/m1/s1. The van der Waals surface area contributed by atoms with Crippen molar-refractivity contribution in [3.05, 3.63) is 90.3 Å². The van der Waals surface area contributed by atoms with Crippen molar-refractivity contribution in [1.82, 2.24) is 15.1 Å². The average Bonchev–Trinajstić information content (AvgIpc) is 3.15. The first-order valence-electron chi connectivity index (χ1n) is 7.80. The molecule has 0 aliphatic rings. The molecule has 1 amide bonds. The van der Waals surface area contributed by atoms with E-state index in [-0.39, 0.29) is 12.5 Å². The lowest BCUT2D eigenvalue weighted by atomic mass is 10.1. The maximum absolute atomic E-state index is 12.7. The molecule has 2 atom stereocenters. The van der Waals surface area contributed by atoms with Crippen molar-refractivity contribution in [3.63, 3.8) is 0 Å². The zero-order valence-corrected chi connectivity index (χ0v) is 13.1. The van der Waals surface area contributed by atoms with Crippen LogP contribution in [0.3, 0.4) is 0 Å². The van der Waals surface area contributed by atoms with Gasteiger partial charge in [0.05, 0.1) is 6.10 Å². The van der Waals surface area contributed by atoms with Crippen LogP contribution in [0.25, 0.3) is 0 Å². The molecule has 0 fully saturated rings. The summed E-state index contributed by atoms with van der Waals surface area (Å²) in [7, 11) is 0. The Kier molecular flexibility index (Phi) is 5.03. The van der Waals surface area contributed by atoms with Gasteiger partial charge >= 0.3 is 0 Å². The molecule has 1 heterocycles. The summed E-state index contributed by atoms with van der Waals surface area (Å²) in [6.07, 6.45) is 2.65. The second-order valence-electron chi connectivity index (χ2n) is 5.47. The Hall–Kier alpha value is -2.92. The highest BCUT2D eigenvalue weighted by atomic mass is 16.3. The molecule has 1 aromatic heterocycles. The van der Waals surface area contributed by atoms with E-state index in [4.69, 9.17) is 0 Å². The van der Waals surface area contributed by atoms with Crippen molar-refractivity contribution in [2.45, 2.75) is 12.1 Å². The van der Waals surface area contributed by atoms with Gasteiger partial charge in [0.1, 0.15) is 0 Å². The molecule has 0 saturated carbocycles. The third kappa shape index (κ3) is 3.70. The van der Waals surface area contributed by atoms with Gasteiger partial charge in [-0.25, -0.2) is 0 Å². The summed E-state index contributed by atoms with van der Waals surface area (Å²) in [5.74, 6) is -0.208. The van der Waals surface area contributed by atoms with Gasteiger partial charge in [0, 0.05) is 18.9 Å². The van der Waals surface area contributed by atoms with E-state index in [0.717, 1.165) is 11.1 Å². The molecule has 3 aromatic rings. The fourth-order valence-corrected chi connectivity index (χ4v) is 2.58. The number of nitrogens with zero attached hydrogens (tertiary/aromatic N) is 2. The van der Waals surface area contributed by atoms with E-state index in [1.165, 1.54) is 0 Å². The van der Waals surface area contributed by atoms with Crippen LogP contribution in [0.5, 0.6) is 0 Å². The van der Waals surface area contributed by atoms with Gasteiger partial charge in [0.15, 0.2) is 6.04 Å². The van der Waals surface area contributed by atoms with Crippen LogP contribution in [0.4, 0.5) is 0 Å². The number of carbonyl (C=O) groups excluding carboxylic acids is 1. The van der Waals surface area contributed by atoms with Crippen molar-refractivity contribution >= 4 is 5.91 Å². The lowest BCUT2D eigenvalue weighted by Crippen LogP contribution is -2.36. The molecule has 2 aromatic carbocycles. The van der Waals surface area contributed by atoms with E-state index in [1.54, 1.807) is 23.1 Å². The Bertz CT molecular complexity index is 758. The van der Waals surface area contributed by atoms with Gasteiger partial charge in [-0.05, 0) is 17.2 Å². The second-order valence-corrected chi connectivity index (χ2v) is 5.47. The van der Waals surface area contributed by atoms with Gasteiger partial charge in [-0.15, -0.1) is 0 Å². The van der Waals surface area contributed by atoms with Crippen molar-refractivity contribution < 1.29 is 9.90 Å². The first-order valence-corrected chi connectivity index (χ1v) is 7.80. The predicted octanol–water partition coefficient (Wildman–Crippen LogP) is 2.32. The fourth-order valence-electron chi connectivity index (χ4n) is 2.58. The minimum atomic E-state index is -0.746. The molecule has 0 saturated heterocycles. The van der Waals surface area contributed by atoms with Gasteiger partial charge in [-0.1, -0.05) is 60.7 Å². The van der Waals surface area contributed by atoms with E-state index in [1.807, 2.05) is 60.7 Å². The normalized spacial score (nSPS) is 13.2. The van der Waals surface area contributed by atoms with Crippen LogP contribution in [0.1, 0.15) is 23.3 Å². The number of aliphatic hydroxyl groups is 1. The number of amides is 1. The van der Waals surface area contributed by atoms with Crippen molar-refractivity contribution in [2.75, 3.05) is 6.54 Å². The van der Waals surface area contributed by atoms with Crippen LogP contribution < -0.4 is 5.32 Å². The lowest BCUT2D eigenvalue weighted by molar-refractivity contribution is -0.123. The monoisotopic (exact) mass is 321 g/mol. The van der Waals surface area contributed by atoms with E-state index < -0.39 is 12.1 Å². The Morgan fingerprint density at radius 2 is 1.62 bits per heavy atom. The van der Waals surface area contributed by atoms with Crippen LogP contribution in [0, 0.1) is 0 Å². The number of carbonyl (C=O) groups is 1. The Balaban J connectivity index is 1.73. The molecule has 0 bridgehead atoms. The van der Waals surface area contributed by atoms with Crippen LogP contribution in [-0.2, 0) is 4.79 Å². The Labute approximate surface area is 140 Å². The topological polar surface area (TPSA) is 67.2 Å². The Morgan fingerprint density at radius 3 is 2.21 bits per heavy atom. The summed E-state index contributed by atoms with van der Waals surface area (Å²) in [5, 5.41) is 17.2. The molecule has 2 N–H and O–H groups in total. The largest absolute Gasteiger partial charge is 0.387 e. The number of aromatic nitrogens is 2. The summed E-state index contributed by atoms with van der Waals surface area (Å²) in [6, 6.07) is 19.9. The van der Waals surface area contributed by atoms with Crippen molar-refractivity contribution in [2.24, 2.45) is 0 Å². The molecule has 0 radical (unpaired) electrons. The van der Waals surface area contributed by atoms with Crippen LogP contribution >= 0.6 is 0 Å². The zero-order chi connectivity index (χ0) is 16.8. The van der Waals surface area contributed by atoms with E-state index in [0.29, 0.717) is 0 Å². The van der Waals surface area contributed by atoms with E-state index in [9.17, 15) is 9.90 Å². The quantitative estimate of drug-likeness (QED) is 0.732. The number of hydrogen-bond donors (Lipinski definition) is 2. The fraction of sp³-hybridized carbons (Fsp3) is 0.158. The maximum Gasteiger partial charge on any atom is 0.249 e. The molecule has 3 rings (SSSR count). The first kappa shape index (κ1) is 16.0. The number of nitrogens with one attached hydrogen (secondary N) is 1. The summed E-state index contributed by atoms with van der Waals surface area (Å²) < 4.78 is 1.61. The van der Waals surface area contributed by atoms with Gasteiger partial charge in [0.25, 0.3) is 0 Å². The second kappa shape index (κ2) is 7.57. The SMILES string of the molecule is O=C(NC[C@@H](O)c1ccccc1)[C@@H](c1ccccc1)n1cccn1. The molecule has 0 aliphatic carbocycles. The number of rotatable bonds is 6.